The minimum absolute atomic E-state index is 0.340. The summed E-state index contributed by atoms with van der Waals surface area (Å²) >= 11 is 1.25. The molecule has 0 aliphatic carbocycles. The molecular weight excluding hydrogens is 188 g/mol. The molecule has 0 spiro atoms. The van der Waals surface area contributed by atoms with Crippen LogP contribution in [0.25, 0.3) is 0 Å². The minimum atomic E-state index is -0.346. The highest BCUT2D eigenvalue weighted by Gasteiger charge is 2.15. The van der Waals surface area contributed by atoms with Gasteiger partial charge in [0.15, 0.2) is 6.19 Å². The van der Waals surface area contributed by atoms with Crippen LogP contribution in [0.3, 0.4) is 0 Å². The van der Waals surface area contributed by atoms with Gasteiger partial charge in [0.25, 0.3) is 0 Å². The Kier molecular flexibility index (Phi) is 2.93. The average molecular weight is 196 g/mol. The molecule has 5 nitrogen and oxygen atoms in total. The number of nitriles is 1. The Morgan fingerprint density at radius 1 is 1.69 bits per heavy atom. The molecule has 0 fully saturated rings. The van der Waals surface area contributed by atoms with E-state index in [9.17, 15) is 4.79 Å². The number of hydrogen-bond acceptors (Lipinski definition) is 5. The van der Waals surface area contributed by atoms with E-state index < -0.39 is 0 Å². The quantitative estimate of drug-likeness (QED) is 0.521. The third-order valence-electron chi connectivity index (χ3n) is 1.36. The molecule has 6 heteroatoms. The van der Waals surface area contributed by atoms with Gasteiger partial charge >= 0.3 is 0 Å². The van der Waals surface area contributed by atoms with Crippen LogP contribution in [0.2, 0.25) is 0 Å². The van der Waals surface area contributed by atoms with Gasteiger partial charge in [0.05, 0.1) is 0 Å². The number of aromatic nitrogens is 2. The summed E-state index contributed by atoms with van der Waals surface area (Å²) in [4.78, 5) is 11.8. The highest BCUT2D eigenvalue weighted by Crippen LogP contribution is 2.19. The number of amides is 1. The van der Waals surface area contributed by atoms with Crippen molar-refractivity contribution < 1.29 is 4.79 Å². The SMILES string of the molecule is CCc1nnc(N(C#N)C(C)=O)s1. The van der Waals surface area contributed by atoms with Crippen LogP contribution >= 0.6 is 11.3 Å². The standard InChI is InChI=1S/C7H8N4OS/c1-3-6-9-10-7(13-6)11(4-8)5(2)12/h3H2,1-2H3. The van der Waals surface area contributed by atoms with E-state index in [1.54, 1.807) is 6.19 Å². The van der Waals surface area contributed by atoms with Crippen LogP contribution in [0.4, 0.5) is 5.13 Å². The highest BCUT2D eigenvalue weighted by molar-refractivity contribution is 7.15. The molecule has 1 amide bonds. The maximum atomic E-state index is 10.9. The summed E-state index contributed by atoms with van der Waals surface area (Å²) in [5, 5.41) is 17.3. The van der Waals surface area contributed by atoms with Crippen LogP contribution in [0.1, 0.15) is 18.9 Å². The molecule has 0 radical (unpaired) electrons. The van der Waals surface area contributed by atoms with E-state index in [1.807, 2.05) is 6.92 Å². The first-order valence-corrected chi connectivity index (χ1v) is 4.53. The first-order valence-electron chi connectivity index (χ1n) is 3.71. The fraction of sp³-hybridized carbons (Fsp3) is 0.429. The minimum Gasteiger partial charge on any atom is -0.274 e. The van der Waals surface area contributed by atoms with Crippen molar-refractivity contribution in [2.45, 2.75) is 20.3 Å². The van der Waals surface area contributed by atoms with Crippen molar-refractivity contribution in [1.29, 1.82) is 5.26 Å². The number of rotatable bonds is 2. The number of nitrogens with zero attached hydrogens (tertiary/aromatic N) is 4. The fourth-order valence-corrected chi connectivity index (χ4v) is 1.50. The number of carbonyl (C=O) groups is 1. The van der Waals surface area contributed by atoms with Crippen LogP contribution in [0.15, 0.2) is 0 Å². The first-order chi connectivity index (χ1) is 6.19. The fourth-order valence-electron chi connectivity index (χ4n) is 0.726. The van der Waals surface area contributed by atoms with Crippen LogP contribution in [0.5, 0.6) is 0 Å². The maximum absolute atomic E-state index is 10.9. The largest absolute Gasteiger partial charge is 0.274 e. The molecule has 0 bridgehead atoms. The molecule has 0 aromatic carbocycles. The Bertz CT molecular complexity index is 354. The van der Waals surface area contributed by atoms with Crippen molar-refractivity contribution in [2.24, 2.45) is 0 Å². The second kappa shape index (κ2) is 3.96. The van der Waals surface area contributed by atoms with Gasteiger partial charge in [0.2, 0.25) is 11.0 Å². The molecule has 0 aliphatic rings. The summed E-state index contributed by atoms with van der Waals surface area (Å²) in [7, 11) is 0. The summed E-state index contributed by atoms with van der Waals surface area (Å²) in [5.41, 5.74) is 0. The zero-order valence-corrected chi connectivity index (χ0v) is 8.13. The van der Waals surface area contributed by atoms with Crippen molar-refractivity contribution in [1.82, 2.24) is 10.2 Å². The lowest BCUT2D eigenvalue weighted by atomic mass is 10.5. The van der Waals surface area contributed by atoms with Gasteiger partial charge in [0, 0.05) is 6.92 Å². The van der Waals surface area contributed by atoms with Crippen molar-refractivity contribution in [3.8, 4) is 6.19 Å². The van der Waals surface area contributed by atoms with E-state index in [-0.39, 0.29) is 5.91 Å². The molecule has 1 rings (SSSR count). The molecule has 0 saturated carbocycles. The van der Waals surface area contributed by atoms with E-state index in [1.165, 1.54) is 18.3 Å². The predicted octanol–water partition coefficient (Wildman–Crippen LogP) is 0.934. The lowest BCUT2D eigenvalue weighted by molar-refractivity contribution is -0.115. The Labute approximate surface area is 79.6 Å². The average Bonchev–Trinajstić information content (AvgIpc) is 2.53. The van der Waals surface area contributed by atoms with Crippen LogP contribution in [-0.4, -0.2) is 16.1 Å². The van der Waals surface area contributed by atoms with Gasteiger partial charge < -0.3 is 0 Å². The van der Waals surface area contributed by atoms with E-state index in [4.69, 9.17) is 5.26 Å². The normalized spacial score (nSPS) is 9.31. The third-order valence-corrected chi connectivity index (χ3v) is 2.42. The zero-order chi connectivity index (χ0) is 9.84. The summed E-state index contributed by atoms with van der Waals surface area (Å²) in [6.07, 6.45) is 2.51. The van der Waals surface area contributed by atoms with Gasteiger partial charge in [0.1, 0.15) is 5.01 Å². The van der Waals surface area contributed by atoms with Crippen molar-refractivity contribution in [3.63, 3.8) is 0 Å². The van der Waals surface area contributed by atoms with E-state index in [0.29, 0.717) is 5.13 Å². The maximum Gasteiger partial charge on any atom is 0.239 e. The molecule has 0 atom stereocenters. The molecule has 1 aromatic heterocycles. The van der Waals surface area contributed by atoms with E-state index in [0.717, 1.165) is 16.3 Å². The predicted molar refractivity (Wildman–Crippen MR) is 48.1 cm³/mol. The van der Waals surface area contributed by atoms with Gasteiger partial charge in [-0.2, -0.15) is 10.2 Å². The number of aryl methyl sites for hydroxylation is 1. The van der Waals surface area contributed by atoms with Gasteiger partial charge in [-0.15, -0.1) is 10.2 Å². The van der Waals surface area contributed by atoms with Crippen LogP contribution in [0, 0.1) is 11.5 Å². The Balaban J connectivity index is 2.93. The smallest absolute Gasteiger partial charge is 0.239 e. The van der Waals surface area contributed by atoms with Gasteiger partial charge in [-0.25, -0.2) is 0 Å². The molecule has 0 saturated heterocycles. The van der Waals surface area contributed by atoms with Gasteiger partial charge in [-0.05, 0) is 6.42 Å². The monoisotopic (exact) mass is 196 g/mol. The van der Waals surface area contributed by atoms with Crippen molar-refractivity contribution >= 4 is 22.4 Å². The molecule has 13 heavy (non-hydrogen) atoms. The second-order valence-corrected chi connectivity index (χ2v) is 3.33. The first kappa shape index (κ1) is 9.61. The van der Waals surface area contributed by atoms with Crippen molar-refractivity contribution in [3.05, 3.63) is 5.01 Å². The Morgan fingerprint density at radius 3 is 2.77 bits per heavy atom. The summed E-state index contributed by atoms with van der Waals surface area (Å²) in [6, 6.07) is 0. The van der Waals surface area contributed by atoms with E-state index in [2.05, 4.69) is 10.2 Å². The molecule has 0 N–H and O–H groups in total. The van der Waals surface area contributed by atoms with Gasteiger partial charge in [-0.3, -0.25) is 4.79 Å². The number of carbonyl (C=O) groups excluding carboxylic acids is 1. The van der Waals surface area contributed by atoms with Crippen molar-refractivity contribution in [2.75, 3.05) is 4.90 Å². The summed E-state index contributed by atoms with van der Waals surface area (Å²) in [5.74, 6) is -0.346. The number of anilines is 1. The molecule has 1 heterocycles. The Hall–Kier alpha value is -1.48. The third kappa shape index (κ3) is 2.00. The summed E-state index contributed by atoms with van der Waals surface area (Å²) in [6.45, 7) is 3.25. The zero-order valence-electron chi connectivity index (χ0n) is 7.31. The molecular formula is C7H8N4OS. The topological polar surface area (TPSA) is 69.9 Å². The molecule has 68 valence electrons. The van der Waals surface area contributed by atoms with Crippen LogP contribution < -0.4 is 4.90 Å². The van der Waals surface area contributed by atoms with Gasteiger partial charge in [-0.1, -0.05) is 18.3 Å². The van der Waals surface area contributed by atoms with Crippen LogP contribution in [-0.2, 0) is 11.2 Å². The lowest BCUT2D eigenvalue weighted by Crippen LogP contribution is -2.21. The van der Waals surface area contributed by atoms with E-state index >= 15 is 0 Å². The Morgan fingerprint density at radius 2 is 2.38 bits per heavy atom. The highest BCUT2D eigenvalue weighted by atomic mass is 32.1. The molecule has 1 aromatic rings. The molecule has 0 unspecified atom stereocenters. The lowest BCUT2D eigenvalue weighted by Gasteiger charge is -2.03. The second-order valence-electron chi connectivity index (χ2n) is 2.29. The summed E-state index contributed by atoms with van der Waals surface area (Å²) < 4.78 is 0. The molecule has 0 aliphatic heterocycles. The number of hydrogen-bond donors (Lipinski definition) is 0.